The summed E-state index contributed by atoms with van der Waals surface area (Å²) in [6, 6.07) is 7.20. The highest BCUT2D eigenvalue weighted by molar-refractivity contribution is 5.94. The minimum absolute atomic E-state index is 0.0793. The zero-order chi connectivity index (χ0) is 14.6. The number of carbonyl (C=O) groups is 1. The lowest BCUT2D eigenvalue weighted by molar-refractivity contribution is 0.0952. The van der Waals surface area contributed by atoms with Crippen molar-refractivity contribution in [2.75, 3.05) is 33.4 Å². The predicted molar refractivity (Wildman–Crippen MR) is 79.1 cm³/mol. The average molecular weight is 280 g/mol. The van der Waals surface area contributed by atoms with E-state index in [9.17, 15) is 4.79 Å². The molecule has 0 spiro atoms. The first kappa shape index (κ1) is 16.5. The Labute approximate surface area is 120 Å². The number of nitrogens with two attached hydrogens (primary N) is 1. The summed E-state index contributed by atoms with van der Waals surface area (Å²) in [5.41, 5.74) is 6.02. The quantitative estimate of drug-likeness (QED) is 0.638. The van der Waals surface area contributed by atoms with Gasteiger partial charge in [-0.25, -0.2) is 0 Å². The summed E-state index contributed by atoms with van der Waals surface area (Å²) in [6.07, 6.45) is 2.64. The standard InChI is InChI=1S/C15H24N2O3/c1-19-10-5-11-20-14-7-4-6-13(12-14)15(18)17-9-3-2-8-16/h4,6-7,12H,2-3,5,8-11,16H2,1H3,(H,17,18). The van der Waals surface area contributed by atoms with Crippen molar-refractivity contribution in [1.82, 2.24) is 5.32 Å². The Hall–Kier alpha value is -1.59. The van der Waals surface area contributed by atoms with Crippen molar-refractivity contribution in [1.29, 1.82) is 0 Å². The molecule has 0 aromatic heterocycles. The van der Waals surface area contributed by atoms with Crippen LogP contribution >= 0.6 is 0 Å². The molecule has 1 aromatic rings. The minimum Gasteiger partial charge on any atom is -0.493 e. The molecular formula is C15H24N2O3. The monoisotopic (exact) mass is 280 g/mol. The fourth-order valence-corrected chi connectivity index (χ4v) is 1.69. The Kier molecular flexibility index (Phi) is 8.42. The largest absolute Gasteiger partial charge is 0.493 e. The number of hydrogen-bond acceptors (Lipinski definition) is 4. The van der Waals surface area contributed by atoms with Crippen LogP contribution in [-0.2, 0) is 4.74 Å². The van der Waals surface area contributed by atoms with Crippen LogP contribution in [0.25, 0.3) is 0 Å². The molecule has 0 heterocycles. The Morgan fingerprint density at radius 3 is 2.85 bits per heavy atom. The number of benzene rings is 1. The number of unbranched alkanes of at least 4 members (excludes halogenated alkanes) is 1. The lowest BCUT2D eigenvalue weighted by Crippen LogP contribution is -2.24. The second-order valence-corrected chi connectivity index (χ2v) is 4.47. The van der Waals surface area contributed by atoms with Crippen LogP contribution < -0.4 is 15.8 Å². The lowest BCUT2D eigenvalue weighted by atomic mass is 10.2. The number of carbonyl (C=O) groups excluding carboxylic acids is 1. The van der Waals surface area contributed by atoms with Crippen LogP contribution in [-0.4, -0.2) is 39.3 Å². The van der Waals surface area contributed by atoms with Gasteiger partial charge < -0.3 is 20.5 Å². The van der Waals surface area contributed by atoms with Gasteiger partial charge in [0.25, 0.3) is 5.91 Å². The molecule has 0 saturated carbocycles. The van der Waals surface area contributed by atoms with Crippen molar-refractivity contribution in [3.8, 4) is 5.75 Å². The smallest absolute Gasteiger partial charge is 0.251 e. The highest BCUT2D eigenvalue weighted by Crippen LogP contribution is 2.13. The summed E-state index contributed by atoms with van der Waals surface area (Å²) in [5.74, 6) is 0.625. The number of rotatable bonds is 10. The fourth-order valence-electron chi connectivity index (χ4n) is 1.69. The second-order valence-electron chi connectivity index (χ2n) is 4.47. The van der Waals surface area contributed by atoms with Gasteiger partial charge in [-0.15, -0.1) is 0 Å². The van der Waals surface area contributed by atoms with E-state index in [1.165, 1.54) is 0 Å². The zero-order valence-electron chi connectivity index (χ0n) is 12.1. The van der Waals surface area contributed by atoms with Gasteiger partial charge in [-0.3, -0.25) is 4.79 Å². The van der Waals surface area contributed by atoms with E-state index in [2.05, 4.69) is 5.32 Å². The van der Waals surface area contributed by atoms with Gasteiger partial charge in [0.15, 0.2) is 0 Å². The molecule has 0 radical (unpaired) electrons. The van der Waals surface area contributed by atoms with E-state index < -0.39 is 0 Å². The van der Waals surface area contributed by atoms with E-state index in [1.807, 2.05) is 12.1 Å². The van der Waals surface area contributed by atoms with Crippen LogP contribution in [0.2, 0.25) is 0 Å². The van der Waals surface area contributed by atoms with Gasteiger partial charge in [0.1, 0.15) is 5.75 Å². The Morgan fingerprint density at radius 1 is 1.25 bits per heavy atom. The van der Waals surface area contributed by atoms with Crippen LogP contribution in [0.1, 0.15) is 29.6 Å². The molecule has 1 aromatic carbocycles. The highest BCUT2D eigenvalue weighted by atomic mass is 16.5. The van der Waals surface area contributed by atoms with Crippen molar-refractivity contribution in [2.24, 2.45) is 5.73 Å². The Balaban J connectivity index is 2.39. The summed E-state index contributed by atoms with van der Waals surface area (Å²) in [5, 5.41) is 2.87. The van der Waals surface area contributed by atoms with Crippen molar-refractivity contribution < 1.29 is 14.3 Å². The first-order chi connectivity index (χ1) is 9.77. The van der Waals surface area contributed by atoms with Crippen molar-refractivity contribution >= 4 is 5.91 Å². The summed E-state index contributed by atoms with van der Waals surface area (Å²) < 4.78 is 10.5. The van der Waals surface area contributed by atoms with E-state index in [1.54, 1.807) is 19.2 Å². The molecule has 0 aliphatic carbocycles. The van der Waals surface area contributed by atoms with E-state index in [-0.39, 0.29) is 5.91 Å². The van der Waals surface area contributed by atoms with E-state index >= 15 is 0 Å². The molecule has 3 N–H and O–H groups in total. The van der Waals surface area contributed by atoms with E-state index in [0.29, 0.717) is 37.6 Å². The van der Waals surface area contributed by atoms with Gasteiger partial charge in [-0.1, -0.05) is 6.07 Å². The Morgan fingerprint density at radius 2 is 2.10 bits per heavy atom. The molecular weight excluding hydrogens is 256 g/mol. The molecule has 5 heteroatoms. The van der Waals surface area contributed by atoms with Gasteiger partial charge in [0, 0.05) is 32.2 Å². The lowest BCUT2D eigenvalue weighted by Gasteiger charge is -2.08. The van der Waals surface area contributed by atoms with Gasteiger partial charge in [-0.05, 0) is 37.6 Å². The average Bonchev–Trinajstić information content (AvgIpc) is 2.48. The molecule has 5 nitrogen and oxygen atoms in total. The number of nitrogens with one attached hydrogen (secondary N) is 1. The Bertz CT molecular complexity index is 396. The van der Waals surface area contributed by atoms with Gasteiger partial charge in [0.2, 0.25) is 0 Å². The number of amides is 1. The van der Waals surface area contributed by atoms with Crippen LogP contribution in [0.3, 0.4) is 0 Å². The third kappa shape index (κ3) is 6.54. The maximum absolute atomic E-state index is 11.9. The van der Waals surface area contributed by atoms with Crippen molar-refractivity contribution in [2.45, 2.75) is 19.3 Å². The SMILES string of the molecule is COCCCOc1cccc(C(=O)NCCCCN)c1. The first-order valence-electron chi connectivity index (χ1n) is 6.98. The highest BCUT2D eigenvalue weighted by Gasteiger charge is 2.05. The first-order valence-corrected chi connectivity index (χ1v) is 6.98. The molecule has 1 rings (SSSR count). The molecule has 20 heavy (non-hydrogen) atoms. The van der Waals surface area contributed by atoms with Crippen LogP contribution in [0, 0.1) is 0 Å². The molecule has 0 unspecified atom stereocenters. The molecule has 0 aliphatic rings. The normalized spacial score (nSPS) is 10.3. The third-order valence-corrected chi connectivity index (χ3v) is 2.77. The van der Waals surface area contributed by atoms with Gasteiger partial charge in [0.05, 0.1) is 6.61 Å². The topological polar surface area (TPSA) is 73.6 Å². The predicted octanol–water partition coefficient (Wildman–Crippen LogP) is 1.57. The maximum atomic E-state index is 11.9. The van der Waals surface area contributed by atoms with E-state index in [4.69, 9.17) is 15.2 Å². The molecule has 0 bridgehead atoms. The number of hydrogen-bond donors (Lipinski definition) is 2. The summed E-state index contributed by atoms with van der Waals surface area (Å²) in [7, 11) is 1.66. The van der Waals surface area contributed by atoms with Gasteiger partial charge in [-0.2, -0.15) is 0 Å². The third-order valence-electron chi connectivity index (χ3n) is 2.77. The molecule has 0 saturated heterocycles. The summed E-state index contributed by atoms with van der Waals surface area (Å²) in [4.78, 5) is 11.9. The molecule has 112 valence electrons. The van der Waals surface area contributed by atoms with Crippen LogP contribution in [0.5, 0.6) is 5.75 Å². The molecule has 1 amide bonds. The summed E-state index contributed by atoms with van der Waals surface area (Å²) >= 11 is 0. The zero-order valence-corrected chi connectivity index (χ0v) is 12.1. The minimum atomic E-state index is -0.0793. The molecule has 0 atom stereocenters. The second kappa shape index (κ2) is 10.2. The summed E-state index contributed by atoms with van der Waals surface area (Å²) in [6.45, 7) is 2.55. The fraction of sp³-hybridized carbons (Fsp3) is 0.533. The maximum Gasteiger partial charge on any atom is 0.251 e. The van der Waals surface area contributed by atoms with Gasteiger partial charge >= 0.3 is 0 Å². The number of ether oxygens (including phenoxy) is 2. The molecule has 0 fully saturated rings. The van der Waals surface area contributed by atoms with Crippen LogP contribution in [0.15, 0.2) is 24.3 Å². The molecule has 0 aliphatic heterocycles. The van der Waals surface area contributed by atoms with Crippen molar-refractivity contribution in [3.63, 3.8) is 0 Å². The van der Waals surface area contributed by atoms with Crippen molar-refractivity contribution in [3.05, 3.63) is 29.8 Å². The number of methoxy groups -OCH3 is 1. The van der Waals surface area contributed by atoms with E-state index in [0.717, 1.165) is 19.3 Å². The van der Waals surface area contributed by atoms with Crippen LogP contribution in [0.4, 0.5) is 0 Å².